The van der Waals surface area contributed by atoms with E-state index in [0.29, 0.717) is 12.1 Å². The normalized spacial score (nSPS) is 10.0. The zero-order valence-electron chi connectivity index (χ0n) is 11.6. The third-order valence-corrected chi connectivity index (χ3v) is 3.32. The second kappa shape index (κ2) is 6.58. The molecule has 0 saturated carbocycles. The Kier molecular flexibility index (Phi) is 4.56. The zero-order valence-corrected chi connectivity index (χ0v) is 11.6. The third-order valence-electron chi connectivity index (χ3n) is 3.32. The number of nitriles is 1. The number of aromatic nitrogens is 1. The maximum atomic E-state index is 8.80. The highest BCUT2D eigenvalue weighted by molar-refractivity contribution is 5.59. The molecule has 4 nitrogen and oxygen atoms in total. The molecule has 20 heavy (non-hydrogen) atoms. The maximum Gasteiger partial charge on any atom is 0.0670 e. The summed E-state index contributed by atoms with van der Waals surface area (Å²) in [5.74, 6) is 0. The van der Waals surface area contributed by atoms with E-state index in [1.807, 2.05) is 49.8 Å². The lowest BCUT2D eigenvalue weighted by Gasteiger charge is -2.20. The van der Waals surface area contributed by atoms with Crippen LogP contribution in [0.4, 0.5) is 11.4 Å². The van der Waals surface area contributed by atoms with Gasteiger partial charge in [-0.05, 0) is 47.9 Å². The van der Waals surface area contributed by atoms with Crippen LogP contribution in [0, 0.1) is 11.3 Å². The number of hydrogen-bond acceptors (Lipinski definition) is 4. The number of rotatable bonds is 5. The van der Waals surface area contributed by atoms with Gasteiger partial charge in [0.1, 0.15) is 0 Å². The minimum Gasteiger partial charge on any atom is -0.398 e. The van der Waals surface area contributed by atoms with Crippen molar-refractivity contribution in [3.05, 3.63) is 53.9 Å². The van der Waals surface area contributed by atoms with E-state index in [1.165, 1.54) is 5.56 Å². The summed E-state index contributed by atoms with van der Waals surface area (Å²) in [7, 11) is 2.04. The van der Waals surface area contributed by atoms with E-state index >= 15 is 0 Å². The van der Waals surface area contributed by atoms with Crippen LogP contribution in [0.5, 0.6) is 0 Å². The Bertz CT molecular complexity index is 602. The Morgan fingerprint density at radius 1 is 1.25 bits per heavy atom. The first-order chi connectivity index (χ1) is 9.70. The first-order valence-electron chi connectivity index (χ1n) is 6.56. The topological polar surface area (TPSA) is 65.9 Å². The van der Waals surface area contributed by atoms with E-state index < -0.39 is 0 Å². The summed E-state index contributed by atoms with van der Waals surface area (Å²) >= 11 is 0. The molecule has 0 bridgehead atoms. The van der Waals surface area contributed by atoms with Crippen LogP contribution in [-0.4, -0.2) is 18.6 Å². The average molecular weight is 266 g/mol. The molecule has 0 aliphatic heterocycles. The molecule has 0 atom stereocenters. The van der Waals surface area contributed by atoms with Crippen molar-refractivity contribution in [2.75, 3.05) is 24.2 Å². The number of hydrogen-bond donors (Lipinski definition) is 1. The number of anilines is 2. The minimum absolute atomic E-state index is 0.345. The van der Waals surface area contributed by atoms with E-state index in [1.54, 1.807) is 0 Å². The highest BCUT2D eigenvalue weighted by Gasteiger charge is 2.05. The fourth-order valence-electron chi connectivity index (χ4n) is 2.04. The second-order valence-corrected chi connectivity index (χ2v) is 4.75. The summed E-state index contributed by atoms with van der Waals surface area (Å²) in [5.41, 5.74) is 9.78. The van der Waals surface area contributed by atoms with Gasteiger partial charge in [0.05, 0.1) is 12.5 Å². The smallest absolute Gasteiger partial charge is 0.0670 e. The average Bonchev–Trinajstić information content (AvgIpc) is 2.48. The van der Waals surface area contributed by atoms with Gasteiger partial charge in [0.25, 0.3) is 0 Å². The number of likely N-dealkylation sites (N-methyl/N-ethyl adjacent to an activating group) is 1. The molecule has 1 heterocycles. The third kappa shape index (κ3) is 3.48. The lowest BCUT2D eigenvalue weighted by Crippen LogP contribution is -2.20. The van der Waals surface area contributed by atoms with Crippen molar-refractivity contribution in [3.8, 4) is 6.07 Å². The van der Waals surface area contributed by atoms with Gasteiger partial charge in [0.15, 0.2) is 0 Å². The van der Waals surface area contributed by atoms with E-state index in [-0.39, 0.29) is 0 Å². The van der Waals surface area contributed by atoms with Crippen LogP contribution < -0.4 is 10.6 Å². The summed E-state index contributed by atoms with van der Waals surface area (Å²) < 4.78 is 0. The van der Waals surface area contributed by atoms with Crippen LogP contribution in [0.15, 0.2) is 42.7 Å². The molecule has 2 N–H and O–H groups in total. The molecular weight excluding hydrogens is 248 g/mol. The lowest BCUT2D eigenvalue weighted by atomic mass is 10.1. The monoisotopic (exact) mass is 266 g/mol. The standard InChI is InChI=1S/C16H18N4/c1-20(11-7-13-5-9-19-10-6-13)15-2-3-16(18)14(12-15)4-8-17/h2-3,5-6,9-10,12H,4,7,11,18H2,1H3. The maximum absolute atomic E-state index is 8.80. The van der Waals surface area contributed by atoms with E-state index in [4.69, 9.17) is 11.0 Å². The predicted molar refractivity (Wildman–Crippen MR) is 81.4 cm³/mol. The number of nitrogens with two attached hydrogens (primary N) is 1. The van der Waals surface area contributed by atoms with Crippen LogP contribution in [0.3, 0.4) is 0 Å². The molecular formula is C16H18N4. The summed E-state index contributed by atoms with van der Waals surface area (Å²) in [6.07, 6.45) is 4.92. The Hall–Kier alpha value is -2.54. The first kappa shape index (κ1) is 13.9. The molecule has 0 aliphatic carbocycles. The predicted octanol–water partition coefficient (Wildman–Crippen LogP) is 2.41. The van der Waals surface area contributed by atoms with Crippen molar-refractivity contribution in [2.24, 2.45) is 0 Å². The fraction of sp³-hybridized carbons (Fsp3) is 0.250. The van der Waals surface area contributed by atoms with E-state index in [9.17, 15) is 0 Å². The highest BCUT2D eigenvalue weighted by atomic mass is 15.1. The van der Waals surface area contributed by atoms with Crippen LogP contribution in [0.1, 0.15) is 11.1 Å². The molecule has 1 aromatic heterocycles. The molecule has 0 unspecified atom stereocenters. The van der Waals surface area contributed by atoms with Gasteiger partial charge in [-0.1, -0.05) is 0 Å². The molecule has 0 amide bonds. The zero-order chi connectivity index (χ0) is 14.4. The molecule has 0 radical (unpaired) electrons. The van der Waals surface area contributed by atoms with Gasteiger partial charge in [0.2, 0.25) is 0 Å². The Balaban J connectivity index is 2.04. The van der Waals surface area contributed by atoms with E-state index in [0.717, 1.165) is 24.2 Å². The van der Waals surface area contributed by atoms with E-state index in [2.05, 4.69) is 16.0 Å². The second-order valence-electron chi connectivity index (χ2n) is 4.75. The van der Waals surface area contributed by atoms with Crippen molar-refractivity contribution in [2.45, 2.75) is 12.8 Å². The summed E-state index contributed by atoms with van der Waals surface area (Å²) in [6.45, 7) is 0.903. The minimum atomic E-state index is 0.345. The van der Waals surface area contributed by atoms with Gasteiger partial charge in [-0.15, -0.1) is 0 Å². The molecule has 0 fully saturated rings. The van der Waals surface area contributed by atoms with Crippen LogP contribution in [-0.2, 0) is 12.8 Å². The number of benzene rings is 1. The molecule has 0 saturated heterocycles. The van der Waals surface area contributed by atoms with Gasteiger partial charge in [0, 0.05) is 37.4 Å². The number of pyridine rings is 1. The molecule has 4 heteroatoms. The number of nitrogen functional groups attached to an aromatic ring is 1. The van der Waals surface area contributed by atoms with Gasteiger partial charge < -0.3 is 10.6 Å². The largest absolute Gasteiger partial charge is 0.398 e. The molecule has 1 aromatic carbocycles. The van der Waals surface area contributed by atoms with Crippen LogP contribution in [0.25, 0.3) is 0 Å². The lowest BCUT2D eigenvalue weighted by molar-refractivity contribution is 0.874. The summed E-state index contributed by atoms with van der Waals surface area (Å²) in [4.78, 5) is 6.18. The SMILES string of the molecule is CN(CCc1ccncc1)c1ccc(N)c(CC#N)c1. The van der Waals surface area contributed by atoms with Gasteiger partial charge in [-0.25, -0.2) is 0 Å². The van der Waals surface area contributed by atoms with Crippen molar-refractivity contribution < 1.29 is 0 Å². The molecule has 0 spiro atoms. The number of nitrogens with zero attached hydrogens (tertiary/aromatic N) is 3. The summed E-state index contributed by atoms with van der Waals surface area (Å²) in [5, 5.41) is 8.80. The van der Waals surface area contributed by atoms with Crippen LogP contribution >= 0.6 is 0 Å². The molecule has 102 valence electrons. The molecule has 0 aliphatic rings. The Labute approximate surface area is 119 Å². The van der Waals surface area contributed by atoms with Crippen molar-refractivity contribution in [1.82, 2.24) is 4.98 Å². The van der Waals surface area contributed by atoms with Gasteiger partial charge in [-0.2, -0.15) is 5.26 Å². The van der Waals surface area contributed by atoms with Crippen LogP contribution in [0.2, 0.25) is 0 Å². The van der Waals surface area contributed by atoms with Gasteiger partial charge >= 0.3 is 0 Å². The molecule has 2 aromatic rings. The first-order valence-corrected chi connectivity index (χ1v) is 6.56. The van der Waals surface area contributed by atoms with Crippen molar-refractivity contribution in [3.63, 3.8) is 0 Å². The highest BCUT2D eigenvalue weighted by Crippen LogP contribution is 2.21. The fourth-order valence-corrected chi connectivity index (χ4v) is 2.04. The van der Waals surface area contributed by atoms with Crippen molar-refractivity contribution >= 4 is 11.4 Å². The summed E-state index contributed by atoms with van der Waals surface area (Å²) in [6, 6.07) is 12.0. The van der Waals surface area contributed by atoms with Gasteiger partial charge in [-0.3, -0.25) is 4.98 Å². The van der Waals surface area contributed by atoms with Crippen molar-refractivity contribution in [1.29, 1.82) is 5.26 Å². The molecule has 2 rings (SSSR count). The quantitative estimate of drug-likeness (QED) is 0.844. The Morgan fingerprint density at radius 2 is 2.00 bits per heavy atom. The Morgan fingerprint density at radius 3 is 2.70 bits per heavy atom.